The number of halogens is 3. The molecule has 0 aliphatic carbocycles. The standard InChI is InChI=1S/C15H14F3NO2/c16-15(17,18)13-10-11(19)6-7-14(13)21-9-8-20-12-4-2-1-3-5-12/h1-7,10H,8-9,19H2. The number of para-hydroxylation sites is 1. The van der Waals surface area contributed by atoms with E-state index in [4.69, 9.17) is 15.2 Å². The van der Waals surface area contributed by atoms with Crippen molar-refractivity contribution in [1.29, 1.82) is 0 Å². The van der Waals surface area contributed by atoms with Crippen molar-refractivity contribution in [2.75, 3.05) is 18.9 Å². The second-order valence-corrected chi connectivity index (χ2v) is 4.26. The van der Waals surface area contributed by atoms with Gasteiger partial charge in [0.15, 0.2) is 0 Å². The van der Waals surface area contributed by atoms with Gasteiger partial charge in [-0.05, 0) is 30.3 Å². The Balaban J connectivity index is 1.94. The Morgan fingerprint density at radius 2 is 1.57 bits per heavy atom. The molecule has 21 heavy (non-hydrogen) atoms. The van der Waals surface area contributed by atoms with Crippen molar-refractivity contribution in [2.45, 2.75) is 6.18 Å². The molecule has 0 unspecified atom stereocenters. The molecule has 2 aromatic rings. The maximum absolute atomic E-state index is 12.8. The number of rotatable bonds is 5. The molecule has 2 rings (SSSR count). The summed E-state index contributed by atoms with van der Waals surface area (Å²) in [5.41, 5.74) is 4.53. The predicted molar refractivity (Wildman–Crippen MR) is 73.3 cm³/mol. The molecule has 0 amide bonds. The fourth-order valence-electron chi connectivity index (χ4n) is 1.72. The Hall–Kier alpha value is -2.37. The Morgan fingerprint density at radius 1 is 0.905 bits per heavy atom. The number of alkyl halides is 3. The van der Waals surface area contributed by atoms with Crippen molar-refractivity contribution in [1.82, 2.24) is 0 Å². The monoisotopic (exact) mass is 297 g/mol. The Labute approximate surface area is 120 Å². The van der Waals surface area contributed by atoms with E-state index in [-0.39, 0.29) is 24.7 Å². The molecule has 0 fully saturated rings. The molecule has 0 aliphatic rings. The molecule has 0 saturated heterocycles. The summed E-state index contributed by atoms with van der Waals surface area (Å²) in [6.07, 6.45) is -4.51. The fraction of sp³-hybridized carbons (Fsp3) is 0.200. The van der Waals surface area contributed by atoms with Crippen molar-refractivity contribution in [3.05, 3.63) is 54.1 Å². The van der Waals surface area contributed by atoms with Crippen LogP contribution in [0.2, 0.25) is 0 Å². The van der Waals surface area contributed by atoms with Crippen LogP contribution >= 0.6 is 0 Å². The van der Waals surface area contributed by atoms with Gasteiger partial charge in [-0.3, -0.25) is 0 Å². The largest absolute Gasteiger partial charge is 0.490 e. The van der Waals surface area contributed by atoms with Crippen LogP contribution in [-0.4, -0.2) is 13.2 Å². The number of hydrogen-bond donors (Lipinski definition) is 1. The molecule has 0 aromatic heterocycles. The number of benzene rings is 2. The molecular weight excluding hydrogens is 283 g/mol. The highest BCUT2D eigenvalue weighted by atomic mass is 19.4. The lowest BCUT2D eigenvalue weighted by molar-refractivity contribution is -0.139. The van der Waals surface area contributed by atoms with Gasteiger partial charge in [0, 0.05) is 5.69 Å². The van der Waals surface area contributed by atoms with Crippen LogP contribution in [0, 0.1) is 0 Å². The van der Waals surface area contributed by atoms with Crippen LogP contribution in [0.25, 0.3) is 0 Å². The van der Waals surface area contributed by atoms with Gasteiger partial charge in [-0.15, -0.1) is 0 Å². The summed E-state index contributed by atoms with van der Waals surface area (Å²) in [4.78, 5) is 0. The van der Waals surface area contributed by atoms with Crippen molar-refractivity contribution in [3.8, 4) is 11.5 Å². The fourth-order valence-corrected chi connectivity index (χ4v) is 1.72. The topological polar surface area (TPSA) is 44.5 Å². The second-order valence-electron chi connectivity index (χ2n) is 4.26. The summed E-state index contributed by atoms with van der Waals surface area (Å²) < 4.78 is 49.0. The van der Waals surface area contributed by atoms with Crippen molar-refractivity contribution in [2.24, 2.45) is 0 Å². The molecule has 0 spiro atoms. The quantitative estimate of drug-likeness (QED) is 0.675. The summed E-state index contributed by atoms with van der Waals surface area (Å²) in [5, 5.41) is 0. The van der Waals surface area contributed by atoms with Gasteiger partial charge < -0.3 is 15.2 Å². The van der Waals surface area contributed by atoms with Crippen LogP contribution in [0.3, 0.4) is 0 Å². The SMILES string of the molecule is Nc1ccc(OCCOc2ccccc2)c(C(F)(F)F)c1. The Kier molecular flexibility index (Phi) is 4.57. The normalized spacial score (nSPS) is 11.2. The van der Waals surface area contributed by atoms with E-state index in [2.05, 4.69) is 0 Å². The highest BCUT2D eigenvalue weighted by molar-refractivity contribution is 5.49. The van der Waals surface area contributed by atoms with E-state index in [9.17, 15) is 13.2 Å². The maximum atomic E-state index is 12.8. The highest BCUT2D eigenvalue weighted by Gasteiger charge is 2.34. The molecule has 112 valence electrons. The molecule has 6 heteroatoms. The molecule has 0 radical (unpaired) electrons. The molecule has 3 nitrogen and oxygen atoms in total. The summed E-state index contributed by atoms with van der Waals surface area (Å²) in [6, 6.07) is 12.4. The zero-order chi connectivity index (χ0) is 15.3. The summed E-state index contributed by atoms with van der Waals surface area (Å²) in [7, 11) is 0. The zero-order valence-electron chi connectivity index (χ0n) is 11.1. The first kappa shape index (κ1) is 15.0. The lowest BCUT2D eigenvalue weighted by Crippen LogP contribution is -2.13. The molecule has 0 bridgehead atoms. The van der Waals surface area contributed by atoms with Gasteiger partial charge in [-0.25, -0.2) is 0 Å². The minimum Gasteiger partial charge on any atom is -0.490 e. The molecule has 0 heterocycles. The summed E-state index contributed by atoms with van der Waals surface area (Å²) in [6.45, 7) is 0.146. The highest BCUT2D eigenvalue weighted by Crippen LogP contribution is 2.37. The third-order valence-corrected chi connectivity index (χ3v) is 2.66. The molecular formula is C15H14F3NO2. The van der Waals surface area contributed by atoms with E-state index in [1.807, 2.05) is 6.07 Å². The van der Waals surface area contributed by atoms with E-state index < -0.39 is 11.7 Å². The first-order chi connectivity index (χ1) is 9.97. The molecule has 0 saturated carbocycles. The lowest BCUT2D eigenvalue weighted by Gasteiger charge is -2.14. The predicted octanol–water partition coefficient (Wildman–Crippen LogP) is 3.75. The van der Waals surface area contributed by atoms with Gasteiger partial charge in [0.25, 0.3) is 0 Å². The second kappa shape index (κ2) is 6.39. The number of hydrogen-bond acceptors (Lipinski definition) is 3. The third-order valence-electron chi connectivity index (χ3n) is 2.66. The van der Waals surface area contributed by atoms with Crippen LogP contribution < -0.4 is 15.2 Å². The Morgan fingerprint density at radius 3 is 2.24 bits per heavy atom. The first-order valence-corrected chi connectivity index (χ1v) is 6.24. The van der Waals surface area contributed by atoms with Gasteiger partial charge in [-0.2, -0.15) is 13.2 Å². The zero-order valence-corrected chi connectivity index (χ0v) is 11.1. The van der Waals surface area contributed by atoms with E-state index >= 15 is 0 Å². The van der Waals surface area contributed by atoms with E-state index in [1.54, 1.807) is 24.3 Å². The molecule has 0 atom stereocenters. The molecule has 0 aliphatic heterocycles. The van der Waals surface area contributed by atoms with Crippen molar-refractivity contribution >= 4 is 5.69 Å². The number of nitrogen functional groups attached to an aromatic ring is 1. The van der Waals surface area contributed by atoms with Gasteiger partial charge in [0.2, 0.25) is 0 Å². The average molecular weight is 297 g/mol. The Bertz CT molecular complexity index is 585. The maximum Gasteiger partial charge on any atom is 0.420 e. The van der Waals surface area contributed by atoms with E-state index in [1.165, 1.54) is 12.1 Å². The van der Waals surface area contributed by atoms with Gasteiger partial charge in [-0.1, -0.05) is 18.2 Å². The third kappa shape index (κ3) is 4.30. The number of anilines is 1. The van der Waals surface area contributed by atoms with Crippen molar-refractivity contribution < 1.29 is 22.6 Å². The van der Waals surface area contributed by atoms with Crippen LogP contribution in [-0.2, 0) is 6.18 Å². The van der Waals surface area contributed by atoms with Gasteiger partial charge >= 0.3 is 6.18 Å². The van der Waals surface area contributed by atoms with Crippen LogP contribution in [0.5, 0.6) is 11.5 Å². The number of ether oxygens (including phenoxy) is 2. The molecule has 2 aromatic carbocycles. The minimum atomic E-state index is -4.51. The van der Waals surface area contributed by atoms with Gasteiger partial charge in [0.05, 0.1) is 5.56 Å². The first-order valence-electron chi connectivity index (χ1n) is 6.24. The van der Waals surface area contributed by atoms with Crippen LogP contribution in [0.1, 0.15) is 5.56 Å². The van der Waals surface area contributed by atoms with Crippen molar-refractivity contribution in [3.63, 3.8) is 0 Å². The summed E-state index contributed by atoms with van der Waals surface area (Å²) in [5.74, 6) is 0.378. The lowest BCUT2D eigenvalue weighted by atomic mass is 10.1. The van der Waals surface area contributed by atoms with Crippen LogP contribution in [0.15, 0.2) is 48.5 Å². The summed E-state index contributed by atoms with van der Waals surface area (Å²) >= 11 is 0. The smallest absolute Gasteiger partial charge is 0.420 e. The minimum absolute atomic E-state index is 0.00188. The van der Waals surface area contributed by atoms with E-state index in [0.29, 0.717) is 5.75 Å². The van der Waals surface area contributed by atoms with E-state index in [0.717, 1.165) is 6.07 Å². The van der Waals surface area contributed by atoms with Crippen LogP contribution in [0.4, 0.5) is 18.9 Å². The number of nitrogens with two attached hydrogens (primary N) is 1. The average Bonchev–Trinajstić information content (AvgIpc) is 2.45. The van der Waals surface area contributed by atoms with Gasteiger partial charge in [0.1, 0.15) is 24.7 Å². The molecule has 2 N–H and O–H groups in total.